The first-order valence-corrected chi connectivity index (χ1v) is 16.5. The molecule has 0 bridgehead atoms. The zero-order valence-electron chi connectivity index (χ0n) is 30.6. The summed E-state index contributed by atoms with van der Waals surface area (Å²) < 4.78 is 84.4. The zero-order valence-corrected chi connectivity index (χ0v) is 32.7. The largest absolute Gasteiger partial charge is 0 e. The van der Waals surface area contributed by atoms with E-state index in [-0.39, 0.29) is 89.0 Å². The molecule has 1 N–H and O–H groups in total. The maximum Gasteiger partial charge on any atom is 0 e. The molecule has 2 fully saturated rings. The molecule has 2 radical (unpaired) electrons. The molecular weight excluding hydrogens is 834 g/mol. The minimum atomic E-state index is -0.523. The Morgan fingerprint density at radius 2 is 1.19 bits per heavy atom. The fourth-order valence-electron chi connectivity index (χ4n) is 6.35. The van der Waals surface area contributed by atoms with E-state index in [1.807, 2.05) is 72.8 Å². The summed E-state index contributed by atoms with van der Waals surface area (Å²) in [5.41, 5.74) is 2.07. The van der Waals surface area contributed by atoms with Crippen molar-refractivity contribution in [1.82, 2.24) is 0 Å². The van der Waals surface area contributed by atoms with Gasteiger partial charge in [0.2, 0.25) is 0 Å². The van der Waals surface area contributed by atoms with E-state index in [9.17, 15) is 9.90 Å². The molecule has 4 aliphatic heterocycles. The van der Waals surface area contributed by atoms with E-state index in [1.54, 1.807) is 6.92 Å². The fourth-order valence-corrected chi connectivity index (χ4v) is 6.35. The van der Waals surface area contributed by atoms with Crippen molar-refractivity contribution in [2.24, 2.45) is 0 Å². The van der Waals surface area contributed by atoms with E-state index in [1.165, 1.54) is 0 Å². The average molecular weight is 875 g/mol. The molecule has 2 saturated heterocycles. The number of hydrogen-bond acceptors (Lipinski definition) is 8. The molecule has 4 heterocycles. The number of benzene rings is 2. The van der Waals surface area contributed by atoms with Gasteiger partial charge in [-0.3, -0.25) is 4.79 Å². The molecule has 0 aromatic heterocycles. The molecule has 0 spiro atoms. The summed E-state index contributed by atoms with van der Waals surface area (Å²) in [5.74, 6) is 6.29. The van der Waals surface area contributed by atoms with Crippen LogP contribution in [-0.4, -0.2) is 78.5 Å². The minimum absolute atomic E-state index is 0. The molecule has 57 heavy (non-hydrogen) atoms. The van der Waals surface area contributed by atoms with Crippen molar-refractivity contribution in [2.45, 2.75) is 107 Å². The number of ketones is 1. The Morgan fingerprint density at radius 3 is 1.68 bits per heavy atom. The van der Waals surface area contributed by atoms with E-state index < -0.39 is 24.4 Å². The molecule has 2 aromatic carbocycles. The Hall–Kier alpha value is -3.42. The fraction of sp³-hybridized carbons (Fsp3) is 0.439. The molecule has 16 heteroatoms. The van der Waals surface area contributed by atoms with Gasteiger partial charge in [-0.15, -0.1) is 0 Å². The summed E-state index contributed by atoms with van der Waals surface area (Å²) in [5, 5.41) is 9.42. The first-order chi connectivity index (χ1) is 27.1. The van der Waals surface area contributed by atoms with Crippen molar-refractivity contribution < 1.29 is 99.8 Å². The minimum Gasteiger partial charge on any atom is 0 e. The average Bonchev–Trinajstić information content (AvgIpc) is 3.54. The van der Waals surface area contributed by atoms with Gasteiger partial charge in [-0.2, -0.15) is 0 Å². The van der Waals surface area contributed by atoms with Crippen molar-refractivity contribution >= 4 is 5.78 Å². The third-order valence-corrected chi connectivity index (χ3v) is 8.42. The third-order valence-electron chi connectivity index (χ3n) is 8.42. The van der Waals surface area contributed by atoms with Gasteiger partial charge in [0.1, 0.15) is 42.4 Å². The first kappa shape index (κ1) is 57.9. The summed E-state index contributed by atoms with van der Waals surface area (Å²) in [6, 6.07) is 20.0. The number of carbonyl (C=O) groups excluding carboxylic acids is 1. The summed E-state index contributed by atoms with van der Waals surface area (Å²) in [4.78, 5) is 12.4. The standard InChI is InChI=1S/C35H40O8.6CO.2Co/c1-23(37)19-31-33(38-21-24-9-4-2-5-10-24)35(39-22-25-11-6-3-7-12-25)34-32(42-31)20-30-29(43-34)16-15-28-27(41-30)14-8-13-26(40-28)17-18-36;6*1-2;;/h2-7,9-12,15-16,26-36H,14,17-22H2,1H3;;;;;;;;/t26-,27+,28-,29+,30-,31-,32+,33-,34+,35+;;;;;;;;/m0......../s1. The van der Waals surface area contributed by atoms with E-state index in [0.29, 0.717) is 32.5 Å². The van der Waals surface area contributed by atoms with Gasteiger partial charge in [-0.1, -0.05) is 84.7 Å². The second-order valence-electron chi connectivity index (χ2n) is 11.7. The third kappa shape index (κ3) is 18.8. The Balaban J connectivity index is -0.00000191. The van der Waals surface area contributed by atoms with E-state index in [2.05, 4.69) is 51.7 Å². The van der Waals surface area contributed by atoms with Crippen molar-refractivity contribution in [2.75, 3.05) is 6.61 Å². The van der Waals surface area contributed by atoms with Crippen LogP contribution >= 0.6 is 0 Å². The molecule has 2 aromatic rings. The van der Waals surface area contributed by atoms with Crippen molar-refractivity contribution in [3.05, 3.63) is 124 Å². The number of aliphatic hydroxyl groups excluding tert-OH is 1. The predicted octanol–water partition coefficient (Wildman–Crippen LogP) is 3.70. The topological polar surface area (TPSA) is 212 Å². The monoisotopic (exact) mass is 874 g/mol. The number of hydrogen-bond donors (Lipinski definition) is 1. The Bertz CT molecular complexity index is 1540. The van der Waals surface area contributed by atoms with Crippen molar-refractivity contribution in [3.63, 3.8) is 0 Å². The van der Waals surface area contributed by atoms with Crippen LogP contribution in [0.15, 0.2) is 72.8 Å². The second-order valence-corrected chi connectivity index (χ2v) is 11.7. The number of Topliss-reactive ketones (excluding diaryl/α,β-unsaturated/α-hetero) is 1. The summed E-state index contributed by atoms with van der Waals surface area (Å²) in [7, 11) is 0. The SMILES string of the molecule is CC(=O)C[C@@H]1O[C@@H]2C[C@@H]3O[C@@H]4CC#C[C@@H](CCO)O[C@H]4C=C[C@H]3O[C@H]2[C@H](OCc2ccccc2)[C@H]1OCc1ccccc1.[C-]#[O+].[C-]#[O+].[C-]#[O+].[C-]#[O+].[C-]#[O+].[C-]#[O+].[Co].[Co]. The molecule has 4 aliphatic rings. The van der Waals surface area contributed by atoms with Crippen LogP contribution in [0.25, 0.3) is 0 Å². The smallest absolute Gasteiger partial charge is 0 e. The summed E-state index contributed by atoms with van der Waals surface area (Å²) >= 11 is 0. The van der Waals surface area contributed by atoms with E-state index in [4.69, 9.17) is 56.3 Å². The zero-order chi connectivity index (χ0) is 41.6. The molecule has 0 saturated carbocycles. The number of ether oxygens (including phenoxy) is 6. The first-order valence-electron chi connectivity index (χ1n) is 16.5. The molecule has 14 nitrogen and oxygen atoms in total. The molecule has 306 valence electrons. The van der Waals surface area contributed by atoms with Gasteiger partial charge < -0.3 is 33.5 Å². The van der Waals surface area contributed by atoms with Crippen LogP contribution in [0.3, 0.4) is 0 Å². The van der Waals surface area contributed by atoms with Crippen LogP contribution in [-0.2, 0) is 108 Å². The van der Waals surface area contributed by atoms with E-state index >= 15 is 0 Å². The number of rotatable bonds is 10. The van der Waals surface area contributed by atoms with Crippen molar-refractivity contribution in [1.29, 1.82) is 0 Å². The van der Waals surface area contributed by atoms with Gasteiger partial charge in [-0.25, -0.2) is 0 Å². The van der Waals surface area contributed by atoms with Gasteiger partial charge in [0.25, 0.3) is 0 Å². The molecule has 0 amide bonds. The summed E-state index contributed by atoms with van der Waals surface area (Å²) in [6.07, 6.45) is 1.96. The van der Waals surface area contributed by atoms with E-state index in [0.717, 1.165) is 11.1 Å². The molecule has 6 rings (SSSR count). The molecule has 0 unspecified atom stereocenters. The van der Waals surface area contributed by atoms with Gasteiger partial charge in [0.15, 0.2) is 0 Å². The number of carbonyl (C=O) groups is 1. The van der Waals surface area contributed by atoms with Crippen LogP contribution in [0, 0.1) is 51.7 Å². The predicted molar refractivity (Wildman–Crippen MR) is 181 cm³/mol. The second kappa shape index (κ2) is 35.7. The van der Waals surface area contributed by atoms with Gasteiger partial charge in [0, 0.05) is 65.8 Å². The Labute approximate surface area is 353 Å². The van der Waals surface area contributed by atoms with Crippen LogP contribution in [0.2, 0.25) is 0 Å². The maximum atomic E-state index is 12.4. The molecule has 0 aliphatic carbocycles. The summed E-state index contributed by atoms with van der Waals surface area (Å²) in [6.45, 7) is 29.3. The van der Waals surface area contributed by atoms with Crippen LogP contribution < -0.4 is 0 Å². The van der Waals surface area contributed by atoms with Gasteiger partial charge in [-0.05, 0) is 18.1 Å². The Kier molecular flexibility index (Phi) is 36.3. The van der Waals surface area contributed by atoms with Crippen LogP contribution in [0.1, 0.15) is 43.7 Å². The van der Waals surface area contributed by atoms with Gasteiger partial charge in [0.05, 0.1) is 37.6 Å². The Morgan fingerprint density at radius 1 is 0.702 bits per heavy atom. The quantitative estimate of drug-likeness (QED) is 0.161. The molecule has 10 atom stereocenters. The number of fused-ring (bicyclic) bond motifs is 3. The van der Waals surface area contributed by atoms with Crippen LogP contribution in [0.4, 0.5) is 0 Å². The van der Waals surface area contributed by atoms with Crippen molar-refractivity contribution in [3.8, 4) is 11.8 Å². The number of aliphatic hydroxyl groups is 1. The maximum absolute atomic E-state index is 12.4. The van der Waals surface area contributed by atoms with Crippen LogP contribution in [0.5, 0.6) is 0 Å². The van der Waals surface area contributed by atoms with Gasteiger partial charge >= 0.3 is 67.8 Å². The normalized spacial score (nSPS) is 26.5. The molecular formula is C41H40Co2O14.